The number of hydrogen-bond donors (Lipinski definition) is 3. The van der Waals surface area contributed by atoms with Gasteiger partial charge >= 0.3 is 0 Å². The van der Waals surface area contributed by atoms with E-state index in [1.54, 1.807) is 6.33 Å². The van der Waals surface area contributed by atoms with Crippen LogP contribution in [0.4, 0.5) is 5.82 Å². The first kappa shape index (κ1) is 16.6. The summed E-state index contributed by atoms with van der Waals surface area (Å²) in [6.45, 7) is 2.73. The molecular formula is C15H22N6O3. The molecule has 130 valence electrons. The van der Waals surface area contributed by atoms with E-state index in [-0.39, 0.29) is 18.4 Å². The van der Waals surface area contributed by atoms with Crippen LogP contribution >= 0.6 is 0 Å². The molecule has 1 aliphatic rings. The van der Waals surface area contributed by atoms with Gasteiger partial charge in [0.2, 0.25) is 5.91 Å². The maximum Gasteiger partial charge on any atom is 0.223 e. The van der Waals surface area contributed by atoms with Crippen molar-refractivity contribution >= 4 is 22.9 Å². The minimum absolute atomic E-state index is 0.000945. The molecule has 3 heterocycles. The molecule has 0 atom stereocenters. The van der Waals surface area contributed by atoms with E-state index in [1.165, 1.54) is 6.33 Å². The van der Waals surface area contributed by atoms with Gasteiger partial charge in [0.1, 0.15) is 11.8 Å². The van der Waals surface area contributed by atoms with E-state index in [0.29, 0.717) is 25.4 Å². The first-order valence-electron chi connectivity index (χ1n) is 8.15. The van der Waals surface area contributed by atoms with Gasteiger partial charge in [-0.3, -0.25) is 4.79 Å². The Morgan fingerprint density at radius 2 is 2.17 bits per heavy atom. The average Bonchev–Trinajstić information content (AvgIpc) is 3.10. The second-order valence-corrected chi connectivity index (χ2v) is 5.69. The molecule has 0 aliphatic carbocycles. The number of hydrogen-bond acceptors (Lipinski definition) is 7. The minimum Gasteiger partial charge on any atom is -0.394 e. The molecule has 24 heavy (non-hydrogen) atoms. The van der Waals surface area contributed by atoms with E-state index in [1.807, 2.05) is 0 Å². The molecule has 0 saturated carbocycles. The number of nitrogens with zero attached hydrogens (tertiary/aromatic N) is 4. The zero-order chi connectivity index (χ0) is 16.8. The maximum absolute atomic E-state index is 12.2. The van der Waals surface area contributed by atoms with Crippen LogP contribution in [0.2, 0.25) is 0 Å². The van der Waals surface area contributed by atoms with Crippen molar-refractivity contribution < 1.29 is 14.6 Å². The number of anilines is 1. The molecule has 1 aliphatic heterocycles. The fourth-order valence-corrected chi connectivity index (χ4v) is 2.90. The molecule has 2 aromatic rings. The minimum atomic E-state index is -0.000945. The Hall–Kier alpha value is -2.26. The number of aromatic nitrogens is 4. The smallest absolute Gasteiger partial charge is 0.223 e. The van der Waals surface area contributed by atoms with Gasteiger partial charge in [-0.25, -0.2) is 15.0 Å². The van der Waals surface area contributed by atoms with Crippen LogP contribution in [0, 0.1) is 5.92 Å². The predicted molar refractivity (Wildman–Crippen MR) is 87.5 cm³/mol. The van der Waals surface area contributed by atoms with Crippen LogP contribution in [-0.2, 0) is 9.53 Å². The maximum atomic E-state index is 12.2. The van der Waals surface area contributed by atoms with Gasteiger partial charge in [-0.15, -0.1) is 0 Å². The lowest BCUT2D eigenvalue weighted by Crippen LogP contribution is -2.41. The fourth-order valence-electron chi connectivity index (χ4n) is 2.90. The molecule has 2 aromatic heterocycles. The summed E-state index contributed by atoms with van der Waals surface area (Å²) in [6.07, 6.45) is 4.69. The molecular weight excluding hydrogens is 312 g/mol. The summed E-state index contributed by atoms with van der Waals surface area (Å²) in [5.74, 6) is 0.920. The highest BCUT2D eigenvalue weighted by Crippen LogP contribution is 2.25. The highest BCUT2D eigenvalue weighted by atomic mass is 16.5. The third kappa shape index (κ3) is 3.80. The Balaban J connectivity index is 1.49. The molecule has 1 fully saturated rings. The van der Waals surface area contributed by atoms with Gasteiger partial charge in [-0.05, 0) is 12.8 Å². The average molecular weight is 334 g/mol. The number of carbonyl (C=O) groups excluding carboxylic acids is 1. The van der Waals surface area contributed by atoms with Crippen molar-refractivity contribution in [3.05, 3.63) is 12.7 Å². The van der Waals surface area contributed by atoms with E-state index in [2.05, 4.69) is 30.2 Å². The molecule has 3 N–H and O–H groups in total. The topological polar surface area (TPSA) is 116 Å². The monoisotopic (exact) mass is 334 g/mol. The molecule has 0 unspecified atom stereocenters. The van der Waals surface area contributed by atoms with Crippen LogP contribution in [0.5, 0.6) is 0 Å². The van der Waals surface area contributed by atoms with Crippen LogP contribution < -0.4 is 10.2 Å². The molecule has 1 amide bonds. The summed E-state index contributed by atoms with van der Waals surface area (Å²) >= 11 is 0. The lowest BCUT2D eigenvalue weighted by atomic mass is 9.96. The number of aliphatic hydroxyl groups is 1. The Bertz CT molecular complexity index is 668. The molecule has 3 rings (SSSR count). The lowest BCUT2D eigenvalue weighted by Gasteiger charge is -2.32. The second kappa shape index (κ2) is 8.02. The van der Waals surface area contributed by atoms with Crippen molar-refractivity contribution in [2.24, 2.45) is 5.92 Å². The number of ether oxygens (including phenoxy) is 1. The number of nitrogens with one attached hydrogen (secondary N) is 2. The molecule has 0 radical (unpaired) electrons. The third-order valence-corrected chi connectivity index (χ3v) is 4.15. The van der Waals surface area contributed by atoms with E-state index in [9.17, 15) is 4.79 Å². The summed E-state index contributed by atoms with van der Waals surface area (Å²) < 4.78 is 5.13. The van der Waals surface area contributed by atoms with Crippen molar-refractivity contribution in [3.8, 4) is 0 Å². The number of imidazole rings is 1. The number of piperidine rings is 1. The van der Waals surface area contributed by atoms with Crippen LogP contribution in [-0.4, -0.2) is 70.4 Å². The van der Waals surface area contributed by atoms with Gasteiger partial charge in [-0.2, -0.15) is 0 Å². The molecule has 1 saturated heterocycles. The van der Waals surface area contributed by atoms with E-state index < -0.39 is 0 Å². The largest absolute Gasteiger partial charge is 0.394 e. The Morgan fingerprint density at radius 1 is 1.33 bits per heavy atom. The first-order valence-corrected chi connectivity index (χ1v) is 8.15. The highest BCUT2D eigenvalue weighted by molar-refractivity contribution is 5.83. The van der Waals surface area contributed by atoms with Gasteiger partial charge in [0.05, 0.1) is 26.1 Å². The summed E-state index contributed by atoms with van der Waals surface area (Å²) in [6, 6.07) is 0. The first-order chi connectivity index (χ1) is 11.8. The van der Waals surface area contributed by atoms with E-state index in [4.69, 9.17) is 9.84 Å². The summed E-state index contributed by atoms with van der Waals surface area (Å²) in [7, 11) is 0. The van der Waals surface area contributed by atoms with Gasteiger partial charge < -0.3 is 25.0 Å². The van der Waals surface area contributed by atoms with E-state index >= 15 is 0 Å². The Labute approximate surface area is 139 Å². The zero-order valence-electron chi connectivity index (χ0n) is 13.4. The quantitative estimate of drug-likeness (QED) is 0.595. The van der Waals surface area contributed by atoms with Crippen molar-refractivity contribution in [3.63, 3.8) is 0 Å². The molecule has 9 heteroatoms. The predicted octanol–water partition coefficient (Wildman–Crippen LogP) is -0.306. The van der Waals surface area contributed by atoms with Crippen molar-refractivity contribution in [2.75, 3.05) is 44.4 Å². The third-order valence-electron chi connectivity index (χ3n) is 4.15. The van der Waals surface area contributed by atoms with Crippen LogP contribution in [0.3, 0.4) is 0 Å². The van der Waals surface area contributed by atoms with Gasteiger partial charge in [0, 0.05) is 25.6 Å². The Morgan fingerprint density at radius 3 is 2.96 bits per heavy atom. The van der Waals surface area contributed by atoms with Gasteiger partial charge in [0.25, 0.3) is 0 Å². The second-order valence-electron chi connectivity index (χ2n) is 5.69. The van der Waals surface area contributed by atoms with Crippen LogP contribution in [0.25, 0.3) is 11.2 Å². The highest BCUT2D eigenvalue weighted by Gasteiger charge is 2.26. The summed E-state index contributed by atoms with van der Waals surface area (Å²) in [5.41, 5.74) is 1.49. The van der Waals surface area contributed by atoms with Crippen molar-refractivity contribution in [1.82, 2.24) is 25.3 Å². The summed E-state index contributed by atoms with van der Waals surface area (Å²) in [4.78, 5) is 30.0. The van der Waals surface area contributed by atoms with Crippen LogP contribution in [0.15, 0.2) is 12.7 Å². The fraction of sp³-hybridized carbons (Fsp3) is 0.600. The van der Waals surface area contributed by atoms with Crippen molar-refractivity contribution in [1.29, 1.82) is 0 Å². The normalized spacial score (nSPS) is 15.8. The number of aromatic amines is 1. The number of amides is 1. The SMILES string of the molecule is O=C(NCCOCCO)C1CCN(c2ncnc3nc[nH]c23)CC1. The molecule has 0 bridgehead atoms. The molecule has 0 aromatic carbocycles. The number of aliphatic hydroxyl groups excluding tert-OH is 1. The number of fused-ring (bicyclic) bond motifs is 1. The number of rotatable bonds is 7. The van der Waals surface area contributed by atoms with E-state index in [0.717, 1.165) is 37.3 Å². The standard InChI is InChI=1S/C15H22N6O3/c22-6-8-24-7-3-16-15(23)11-1-4-21(5-2-11)14-12-13(18-9-17-12)19-10-20-14/h9-11,22H,1-8H2,(H,16,23)(H,17,18,19,20). The Kier molecular flexibility index (Phi) is 5.55. The molecule has 9 nitrogen and oxygen atoms in total. The lowest BCUT2D eigenvalue weighted by molar-refractivity contribution is -0.125. The summed E-state index contributed by atoms with van der Waals surface area (Å²) in [5, 5.41) is 11.5. The zero-order valence-corrected chi connectivity index (χ0v) is 13.4. The number of H-pyrrole nitrogens is 1. The van der Waals surface area contributed by atoms with Crippen LogP contribution in [0.1, 0.15) is 12.8 Å². The van der Waals surface area contributed by atoms with Crippen molar-refractivity contribution in [2.45, 2.75) is 12.8 Å². The molecule has 0 spiro atoms. The van der Waals surface area contributed by atoms with Gasteiger partial charge in [0.15, 0.2) is 11.5 Å². The van der Waals surface area contributed by atoms with Gasteiger partial charge in [-0.1, -0.05) is 0 Å². The number of carbonyl (C=O) groups is 1.